The van der Waals surface area contributed by atoms with Gasteiger partial charge in [-0.3, -0.25) is 4.79 Å². The van der Waals surface area contributed by atoms with E-state index >= 15 is 0 Å². The molecule has 2 aromatic rings. The molecule has 9 heteroatoms. The third-order valence-corrected chi connectivity index (χ3v) is 8.05. The molecular formula is C27H33ClF3N3OS. The summed E-state index contributed by atoms with van der Waals surface area (Å²) < 4.78 is 40.3. The number of anilines is 1. The molecule has 3 atom stereocenters. The highest BCUT2D eigenvalue weighted by atomic mass is 35.5. The maximum Gasteiger partial charge on any atom is 0.255 e. The van der Waals surface area contributed by atoms with E-state index in [1.165, 1.54) is 0 Å². The number of amides is 1. The van der Waals surface area contributed by atoms with Crippen molar-refractivity contribution in [2.24, 2.45) is 11.8 Å². The van der Waals surface area contributed by atoms with Crippen molar-refractivity contribution in [3.05, 3.63) is 70.8 Å². The van der Waals surface area contributed by atoms with E-state index in [0.717, 1.165) is 49.5 Å². The molecule has 0 fully saturated rings. The van der Waals surface area contributed by atoms with Crippen LogP contribution in [0.25, 0.3) is 0 Å². The predicted octanol–water partition coefficient (Wildman–Crippen LogP) is 7.61. The van der Waals surface area contributed by atoms with Gasteiger partial charge >= 0.3 is 0 Å². The van der Waals surface area contributed by atoms with Crippen LogP contribution in [0.5, 0.6) is 0 Å². The minimum absolute atomic E-state index is 0.162. The Morgan fingerprint density at radius 3 is 2.44 bits per heavy atom. The van der Waals surface area contributed by atoms with Crippen LogP contribution in [0.3, 0.4) is 0 Å². The third-order valence-electron chi connectivity index (χ3n) is 6.26. The third kappa shape index (κ3) is 7.59. The number of carbonyl (C=O) groups is 1. The average Bonchev–Trinajstić information content (AvgIpc) is 3.22. The van der Waals surface area contributed by atoms with Crippen LogP contribution in [-0.4, -0.2) is 41.2 Å². The molecule has 0 saturated carbocycles. The van der Waals surface area contributed by atoms with Crippen molar-refractivity contribution in [3.63, 3.8) is 0 Å². The second-order valence-electron chi connectivity index (χ2n) is 9.53. The monoisotopic (exact) mass is 539 g/mol. The lowest BCUT2D eigenvalue weighted by Crippen LogP contribution is -2.28. The molecule has 196 valence electrons. The Morgan fingerprint density at radius 2 is 1.83 bits per heavy atom. The fourth-order valence-electron chi connectivity index (χ4n) is 4.48. The van der Waals surface area contributed by atoms with Gasteiger partial charge in [-0.05, 0) is 42.9 Å². The highest BCUT2D eigenvalue weighted by Gasteiger charge is 2.23. The van der Waals surface area contributed by atoms with Gasteiger partial charge in [-0.25, -0.2) is 13.2 Å². The van der Waals surface area contributed by atoms with Crippen LogP contribution in [0.15, 0.2) is 47.6 Å². The number of rotatable bonds is 11. The van der Waals surface area contributed by atoms with E-state index in [0.29, 0.717) is 22.4 Å². The van der Waals surface area contributed by atoms with Crippen molar-refractivity contribution in [2.75, 3.05) is 25.6 Å². The summed E-state index contributed by atoms with van der Waals surface area (Å²) in [5.41, 5.74) is 0.134. The summed E-state index contributed by atoms with van der Waals surface area (Å²) in [4.78, 5) is 18.0. The topological polar surface area (TPSA) is 35.6 Å². The fourth-order valence-corrected chi connectivity index (χ4v) is 5.94. The predicted molar refractivity (Wildman–Crippen MR) is 142 cm³/mol. The fraction of sp³-hybridized carbons (Fsp3) is 0.444. The Balaban J connectivity index is 1.67. The van der Waals surface area contributed by atoms with Crippen LogP contribution < -0.4 is 5.32 Å². The molecule has 0 bridgehead atoms. The number of carbonyl (C=O) groups excluding carboxylic acids is 1. The molecule has 1 aliphatic rings. The number of hydrogen-bond acceptors (Lipinski definition) is 4. The van der Waals surface area contributed by atoms with Gasteiger partial charge in [-0.2, -0.15) is 0 Å². The molecule has 36 heavy (non-hydrogen) atoms. The van der Waals surface area contributed by atoms with Crippen molar-refractivity contribution in [2.45, 2.75) is 50.2 Å². The number of hydrogen-bond donors (Lipinski definition) is 1. The molecule has 0 radical (unpaired) electrons. The van der Waals surface area contributed by atoms with Crippen molar-refractivity contribution in [3.8, 4) is 0 Å². The van der Waals surface area contributed by atoms with Crippen LogP contribution >= 0.6 is 23.4 Å². The average molecular weight is 540 g/mol. The van der Waals surface area contributed by atoms with Gasteiger partial charge in [0, 0.05) is 59.5 Å². The van der Waals surface area contributed by atoms with Crippen LogP contribution in [0.2, 0.25) is 5.02 Å². The number of benzene rings is 2. The summed E-state index contributed by atoms with van der Waals surface area (Å²) in [5, 5.41) is 3.22. The molecule has 1 heterocycles. The lowest BCUT2D eigenvalue weighted by molar-refractivity contribution is 0.102. The van der Waals surface area contributed by atoms with E-state index in [1.54, 1.807) is 30.0 Å². The van der Waals surface area contributed by atoms with Crippen LogP contribution in [0.1, 0.15) is 50.4 Å². The first-order chi connectivity index (χ1) is 17.1. The van der Waals surface area contributed by atoms with Crippen molar-refractivity contribution < 1.29 is 18.0 Å². The first kappa shape index (κ1) is 28.3. The SMILES string of the molecule is CCCC(CC(C)CN1C=CN(C)C1)C(C)Sc1cc(C(=O)Nc2cc(F)c(F)c(F)c2)ccc1Cl. The van der Waals surface area contributed by atoms with Gasteiger partial charge in [0.15, 0.2) is 17.5 Å². The van der Waals surface area contributed by atoms with Gasteiger partial charge in [-0.1, -0.05) is 38.8 Å². The van der Waals surface area contributed by atoms with Gasteiger partial charge < -0.3 is 15.1 Å². The minimum Gasteiger partial charge on any atom is -0.362 e. The van der Waals surface area contributed by atoms with Crippen molar-refractivity contribution in [1.29, 1.82) is 0 Å². The lowest BCUT2D eigenvalue weighted by atomic mass is 9.89. The van der Waals surface area contributed by atoms with Gasteiger partial charge in [0.2, 0.25) is 0 Å². The van der Waals surface area contributed by atoms with E-state index in [9.17, 15) is 18.0 Å². The Hall–Kier alpha value is -2.32. The van der Waals surface area contributed by atoms with Crippen molar-refractivity contribution in [1.82, 2.24) is 9.80 Å². The zero-order valence-corrected chi connectivity index (χ0v) is 22.6. The smallest absolute Gasteiger partial charge is 0.255 e. The molecule has 0 saturated heterocycles. The Labute approximate surface area is 220 Å². The lowest BCUT2D eigenvalue weighted by Gasteiger charge is -2.29. The molecular weight excluding hydrogens is 507 g/mol. The second-order valence-corrected chi connectivity index (χ2v) is 11.4. The molecule has 2 aromatic carbocycles. The number of halogens is 4. The quantitative estimate of drug-likeness (QED) is 0.235. The molecule has 0 aromatic heterocycles. The first-order valence-corrected chi connectivity index (χ1v) is 13.4. The van der Waals surface area contributed by atoms with E-state index in [4.69, 9.17) is 11.6 Å². The zero-order valence-electron chi connectivity index (χ0n) is 21.0. The molecule has 1 aliphatic heterocycles. The molecule has 0 spiro atoms. The van der Waals surface area contributed by atoms with Gasteiger partial charge in [-0.15, -0.1) is 11.8 Å². The van der Waals surface area contributed by atoms with E-state index < -0.39 is 23.4 Å². The molecule has 3 unspecified atom stereocenters. The highest BCUT2D eigenvalue weighted by molar-refractivity contribution is 8.00. The molecule has 0 aliphatic carbocycles. The maximum atomic E-state index is 13.5. The first-order valence-electron chi connectivity index (χ1n) is 12.1. The number of thioether (sulfide) groups is 1. The summed E-state index contributed by atoms with van der Waals surface area (Å²) in [6.07, 6.45) is 7.47. The molecule has 4 nitrogen and oxygen atoms in total. The molecule has 3 rings (SSSR count). The van der Waals surface area contributed by atoms with Crippen LogP contribution in [-0.2, 0) is 0 Å². The van der Waals surface area contributed by atoms with Gasteiger partial charge in [0.05, 0.1) is 11.7 Å². The number of nitrogens with one attached hydrogen (secondary N) is 1. The van der Waals surface area contributed by atoms with Crippen LogP contribution in [0, 0.1) is 29.3 Å². The zero-order chi connectivity index (χ0) is 26.4. The largest absolute Gasteiger partial charge is 0.362 e. The normalized spacial score (nSPS) is 15.8. The second kappa shape index (κ2) is 12.8. The standard InChI is InChI=1S/C27H33ClF3N3OS/c1-5-6-19(11-17(2)15-34-10-9-33(4)16-34)18(3)36-25-12-20(7-8-22(25)28)27(35)32-21-13-23(29)26(31)24(30)14-21/h7-10,12-14,17-19H,5-6,11,15-16H2,1-4H3,(H,32,35). The summed E-state index contributed by atoms with van der Waals surface area (Å²) in [5.74, 6) is -3.88. The van der Waals surface area contributed by atoms with Crippen LogP contribution in [0.4, 0.5) is 18.9 Å². The summed E-state index contributed by atoms with van der Waals surface area (Å²) in [7, 11) is 2.06. The highest BCUT2D eigenvalue weighted by Crippen LogP contribution is 2.37. The van der Waals surface area contributed by atoms with Crippen molar-refractivity contribution >= 4 is 35.0 Å². The maximum absolute atomic E-state index is 13.5. The molecule has 1 N–H and O–H groups in total. The number of nitrogens with zero attached hydrogens (tertiary/aromatic N) is 2. The summed E-state index contributed by atoms with van der Waals surface area (Å²) >= 11 is 8.10. The summed E-state index contributed by atoms with van der Waals surface area (Å²) in [6, 6.07) is 6.37. The van der Waals surface area contributed by atoms with E-state index in [2.05, 4.69) is 55.3 Å². The molecule has 1 amide bonds. The summed E-state index contributed by atoms with van der Waals surface area (Å²) in [6.45, 7) is 8.57. The Kier molecular flexibility index (Phi) is 10.0. The van der Waals surface area contributed by atoms with Gasteiger partial charge in [0.25, 0.3) is 5.91 Å². The van der Waals surface area contributed by atoms with E-state index in [-0.39, 0.29) is 10.9 Å². The minimum atomic E-state index is -1.58. The van der Waals surface area contributed by atoms with E-state index in [1.807, 2.05) is 0 Å². The Bertz CT molecular complexity index is 1080. The Morgan fingerprint density at radius 1 is 1.14 bits per heavy atom. The van der Waals surface area contributed by atoms with Gasteiger partial charge in [0.1, 0.15) is 0 Å².